The fourth-order valence-electron chi connectivity index (χ4n) is 2.02. The Morgan fingerprint density at radius 1 is 1.04 bits per heavy atom. The Kier molecular flexibility index (Phi) is 5.20. The highest BCUT2D eigenvalue weighted by Crippen LogP contribution is 2.36. The molecule has 2 aromatic rings. The van der Waals surface area contributed by atoms with E-state index in [-0.39, 0.29) is 10.0 Å². The number of benzene rings is 1. The molecule has 2 rings (SSSR count). The zero-order valence-electron chi connectivity index (χ0n) is 13.0. The molecule has 0 fully saturated rings. The van der Waals surface area contributed by atoms with Crippen LogP contribution in [0, 0.1) is 0 Å². The molecule has 0 atom stereocenters. The van der Waals surface area contributed by atoms with Crippen molar-refractivity contribution < 1.29 is 22.7 Å². The molecule has 24 heavy (non-hydrogen) atoms. The minimum Gasteiger partial charge on any atom is -0.443 e. The minimum atomic E-state index is -4.49. The van der Waals surface area contributed by atoms with Crippen LogP contribution in [0.25, 0.3) is 11.3 Å². The Morgan fingerprint density at radius 3 is 2.21 bits per heavy atom. The molecule has 8 heteroatoms. The number of hydrogen-bond donors (Lipinski definition) is 0. The summed E-state index contributed by atoms with van der Waals surface area (Å²) in [6.07, 6.45) is -3.70. The Morgan fingerprint density at radius 2 is 1.67 bits per heavy atom. The van der Waals surface area contributed by atoms with Gasteiger partial charge in [0.2, 0.25) is 0 Å². The first-order valence-electron chi connectivity index (χ1n) is 6.86. The summed E-state index contributed by atoms with van der Waals surface area (Å²) < 4.78 is 46.4. The lowest BCUT2D eigenvalue weighted by Crippen LogP contribution is -2.27. The van der Waals surface area contributed by atoms with E-state index >= 15 is 0 Å². The van der Waals surface area contributed by atoms with E-state index in [1.165, 1.54) is 16.8 Å². The van der Waals surface area contributed by atoms with Crippen LogP contribution in [0.15, 0.2) is 39.4 Å². The molecule has 0 N–H and O–H groups in total. The highest BCUT2D eigenvalue weighted by Gasteiger charge is 2.31. The summed E-state index contributed by atoms with van der Waals surface area (Å²) >= 11 is 6.33. The third-order valence-electron chi connectivity index (χ3n) is 2.90. The van der Waals surface area contributed by atoms with Crippen LogP contribution >= 0.6 is 31.9 Å². The van der Waals surface area contributed by atoms with Gasteiger partial charge >= 0.3 is 12.3 Å². The van der Waals surface area contributed by atoms with Gasteiger partial charge < -0.3 is 4.74 Å². The number of rotatable bonds is 1. The van der Waals surface area contributed by atoms with Gasteiger partial charge in [0, 0.05) is 20.7 Å². The van der Waals surface area contributed by atoms with Crippen LogP contribution < -0.4 is 0 Å². The molecule has 3 nitrogen and oxygen atoms in total. The van der Waals surface area contributed by atoms with Crippen molar-refractivity contribution in [2.75, 3.05) is 0 Å². The predicted molar refractivity (Wildman–Crippen MR) is 91.9 cm³/mol. The Labute approximate surface area is 154 Å². The van der Waals surface area contributed by atoms with Crippen LogP contribution in [0.2, 0.25) is 0 Å². The standard InChI is InChI=1S/C16H14Br2F3NO2/c1-15(2,3)24-14(23)22-8-12(18)7-13(22)9-4-10(16(19,20)21)6-11(17)5-9/h4-8H,1-3H3. The first-order valence-corrected chi connectivity index (χ1v) is 8.45. The van der Waals surface area contributed by atoms with Gasteiger partial charge in [-0.1, -0.05) is 15.9 Å². The number of ether oxygens (including phenoxy) is 1. The second-order valence-corrected chi connectivity index (χ2v) is 7.95. The molecule has 0 bridgehead atoms. The Hall–Kier alpha value is -1.28. The van der Waals surface area contributed by atoms with Crippen molar-refractivity contribution in [3.63, 3.8) is 0 Å². The Balaban J connectivity index is 2.54. The van der Waals surface area contributed by atoms with Gasteiger partial charge in [-0.15, -0.1) is 0 Å². The largest absolute Gasteiger partial charge is 0.443 e. The average molecular weight is 469 g/mol. The van der Waals surface area contributed by atoms with Crippen molar-refractivity contribution in [3.8, 4) is 11.3 Å². The van der Waals surface area contributed by atoms with Crippen molar-refractivity contribution in [2.24, 2.45) is 0 Å². The number of alkyl halides is 3. The number of carbonyl (C=O) groups excluding carboxylic acids is 1. The first-order chi connectivity index (χ1) is 10.9. The maximum atomic E-state index is 13.0. The highest BCUT2D eigenvalue weighted by atomic mass is 79.9. The average Bonchev–Trinajstić information content (AvgIpc) is 2.77. The van der Waals surface area contributed by atoms with E-state index in [1.807, 2.05) is 0 Å². The topological polar surface area (TPSA) is 31.2 Å². The van der Waals surface area contributed by atoms with Gasteiger partial charge in [-0.25, -0.2) is 4.79 Å². The van der Waals surface area contributed by atoms with Gasteiger partial charge in [-0.05, 0) is 61.0 Å². The van der Waals surface area contributed by atoms with Crippen LogP contribution in [-0.2, 0) is 10.9 Å². The van der Waals surface area contributed by atoms with E-state index in [0.717, 1.165) is 12.1 Å². The fraction of sp³-hybridized carbons (Fsp3) is 0.312. The molecule has 0 aliphatic heterocycles. The third kappa shape index (κ3) is 4.63. The molecule has 0 aliphatic rings. The molecular weight excluding hydrogens is 455 g/mol. The molecule has 130 valence electrons. The SMILES string of the molecule is CC(C)(C)OC(=O)n1cc(Br)cc1-c1cc(Br)cc(C(F)(F)F)c1. The molecule has 0 saturated carbocycles. The lowest BCUT2D eigenvalue weighted by atomic mass is 10.1. The molecule has 1 aromatic carbocycles. The van der Waals surface area contributed by atoms with Gasteiger partial charge in [0.1, 0.15) is 5.60 Å². The van der Waals surface area contributed by atoms with Crippen LogP contribution in [0.5, 0.6) is 0 Å². The summed E-state index contributed by atoms with van der Waals surface area (Å²) in [5.41, 5.74) is -0.990. The molecule has 0 spiro atoms. The van der Waals surface area contributed by atoms with Crippen LogP contribution in [-0.4, -0.2) is 16.3 Å². The predicted octanol–water partition coefficient (Wildman–Crippen LogP) is 6.48. The summed E-state index contributed by atoms with van der Waals surface area (Å²) in [5, 5.41) is 0. The van der Waals surface area contributed by atoms with Crippen molar-refractivity contribution in [1.82, 2.24) is 4.57 Å². The van der Waals surface area contributed by atoms with Crippen LogP contribution in [0.4, 0.5) is 18.0 Å². The van der Waals surface area contributed by atoms with Crippen molar-refractivity contribution in [1.29, 1.82) is 0 Å². The fourth-order valence-corrected chi connectivity index (χ4v) is 2.93. The maximum Gasteiger partial charge on any atom is 0.419 e. The van der Waals surface area contributed by atoms with Crippen molar-refractivity contribution in [2.45, 2.75) is 32.5 Å². The second kappa shape index (κ2) is 6.55. The third-order valence-corrected chi connectivity index (χ3v) is 3.79. The number of halogens is 5. The summed E-state index contributed by atoms with van der Waals surface area (Å²) in [6, 6.07) is 5.05. The first kappa shape index (κ1) is 19.1. The number of hydrogen-bond acceptors (Lipinski definition) is 2. The highest BCUT2D eigenvalue weighted by molar-refractivity contribution is 9.10. The monoisotopic (exact) mass is 467 g/mol. The van der Waals surface area contributed by atoms with Gasteiger partial charge in [0.05, 0.1) is 11.3 Å². The molecule has 0 saturated heterocycles. The summed E-state index contributed by atoms with van der Waals surface area (Å²) in [5.74, 6) is 0. The molecule has 0 amide bonds. The molecule has 0 radical (unpaired) electrons. The molecular formula is C16H14Br2F3NO2. The smallest absolute Gasteiger partial charge is 0.419 e. The van der Waals surface area contributed by atoms with E-state index in [0.29, 0.717) is 10.2 Å². The molecule has 1 aromatic heterocycles. The maximum absolute atomic E-state index is 13.0. The van der Waals surface area contributed by atoms with Crippen molar-refractivity contribution >= 4 is 38.0 Å². The lowest BCUT2D eigenvalue weighted by Gasteiger charge is -2.20. The summed E-state index contributed by atoms with van der Waals surface area (Å²) in [4.78, 5) is 12.3. The van der Waals surface area contributed by atoms with Crippen molar-refractivity contribution in [3.05, 3.63) is 45.0 Å². The molecule has 1 heterocycles. The van der Waals surface area contributed by atoms with Gasteiger partial charge in [-0.3, -0.25) is 4.57 Å². The summed E-state index contributed by atoms with van der Waals surface area (Å²) in [6.45, 7) is 5.14. The van der Waals surface area contributed by atoms with Gasteiger partial charge in [-0.2, -0.15) is 13.2 Å². The zero-order valence-corrected chi connectivity index (χ0v) is 16.2. The van der Waals surface area contributed by atoms with E-state index in [9.17, 15) is 18.0 Å². The number of carbonyl (C=O) groups is 1. The minimum absolute atomic E-state index is 0.244. The normalized spacial score (nSPS) is 12.3. The van der Waals surface area contributed by atoms with E-state index in [4.69, 9.17) is 4.74 Å². The lowest BCUT2D eigenvalue weighted by molar-refractivity contribution is -0.137. The quantitative estimate of drug-likeness (QED) is 0.479. The van der Waals surface area contributed by atoms with Gasteiger partial charge in [0.25, 0.3) is 0 Å². The Bertz CT molecular complexity index is 777. The van der Waals surface area contributed by atoms with Gasteiger partial charge in [0.15, 0.2) is 0 Å². The number of aromatic nitrogens is 1. The van der Waals surface area contributed by atoms with Crippen LogP contribution in [0.1, 0.15) is 26.3 Å². The second-order valence-electron chi connectivity index (χ2n) is 6.12. The number of nitrogens with zero attached hydrogens (tertiary/aromatic N) is 1. The van der Waals surface area contributed by atoms with E-state index in [1.54, 1.807) is 26.8 Å². The van der Waals surface area contributed by atoms with Crippen LogP contribution in [0.3, 0.4) is 0 Å². The molecule has 0 unspecified atom stereocenters. The summed E-state index contributed by atoms with van der Waals surface area (Å²) in [7, 11) is 0. The van der Waals surface area contributed by atoms with E-state index < -0.39 is 23.4 Å². The molecule has 0 aliphatic carbocycles. The zero-order chi connectivity index (χ0) is 18.3. The van der Waals surface area contributed by atoms with E-state index in [2.05, 4.69) is 31.9 Å².